The Morgan fingerprint density at radius 2 is 2.05 bits per heavy atom. The molecule has 0 aliphatic heterocycles. The van der Waals surface area contributed by atoms with Gasteiger partial charge in [0.2, 0.25) is 5.88 Å². The summed E-state index contributed by atoms with van der Waals surface area (Å²) in [6.07, 6.45) is 0. The Morgan fingerprint density at radius 1 is 1.26 bits per heavy atom. The fourth-order valence-electron chi connectivity index (χ4n) is 1.78. The molecule has 3 nitrogen and oxygen atoms in total. The van der Waals surface area contributed by atoms with Crippen molar-refractivity contribution in [2.75, 3.05) is 0 Å². The van der Waals surface area contributed by atoms with Gasteiger partial charge in [-0.1, -0.05) is 35.8 Å². The molecule has 0 bridgehead atoms. The van der Waals surface area contributed by atoms with E-state index < -0.39 is 0 Å². The molecule has 0 unspecified atom stereocenters. The van der Waals surface area contributed by atoms with Gasteiger partial charge >= 0.3 is 0 Å². The first-order valence-electron chi connectivity index (χ1n) is 6.14. The predicted octanol–water partition coefficient (Wildman–Crippen LogP) is 4.25. The van der Waals surface area contributed by atoms with Crippen molar-refractivity contribution in [1.29, 1.82) is 0 Å². The highest BCUT2D eigenvalue weighted by Gasteiger charge is 2.10. The number of pyridine rings is 1. The van der Waals surface area contributed by atoms with E-state index in [1.807, 2.05) is 18.2 Å². The highest BCUT2D eigenvalue weighted by atomic mass is 79.9. The molecule has 1 heterocycles. The molecule has 0 aliphatic rings. The minimum atomic E-state index is -0.0887. The predicted molar refractivity (Wildman–Crippen MR) is 78.5 cm³/mol. The van der Waals surface area contributed by atoms with Crippen LogP contribution in [0.3, 0.4) is 0 Å². The first-order chi connectivity index (χ1) is 9.10. The minimum Gasteiger partial charge on any atom is -0.439 e. The second-order valence-electron chi connectivity index (χ2n) is 4.56. The summed E-state index contributed by atoms with van der Waals surface area (Å²) in [5, 5.41) is 9.08. The van der Waals surface area contributed by atoms with E-state index in [-0.39, 0.29) is 6.61 Å². The van der Waals surface area contributed by atoms with Gasteiger partial charge in [-0.25, -0.2) is 4.98 Å². The number of hydrogen-bond acceptors (Lipinski definition) is 3. The van der Waals surface area contributed by atoms with Crippen molar-refractivity contribution in [3.8, 4) is 11.6 Å². The smallest absolute Gasteiger partial charge is 0.219 e. The number of aliphatic hydroxyl groups is 1. The molecule has 0 atom stereocenters. The van der Waals surface area contributed by atoms with Crippen LogP contribution in [0.2, 0.25) is 0 Å². The fourth-order valence-corrected chi connectivity index (χ4v) is 2.16. The maximum absolute atomic E-state index is 9.08. The average molecular weight is 322 g/mol. The van der Waals surface area contributed by atoms with E-state index in [4.69, 9.17) is 9.84 Å². The second kappa shape index (κ2) is 6.17. The van der Waals surface area contributed by atoms with E-state index in [1.54, 1.807) is 12.1 Å². The SMILES string of the molecule is CC(C)c1cc(Br)ccc1Oc1cccc(CO)n1. The van der Waals surface area contributed by atoms with Crippen LogP contribution in [0.5, 0.6) is 11.6 Å². The average Bonchev–Trinajstić information content (AvgIpc) is 2.41. The number of hydrogen-bond donors (Lipinski definition) is 1. The van der Waals surface area contributed by atoms with Gasteiger partial charge in [-0.05, 0) is 35.7 Å². The normalized spacial score (nSPS) is 10.8. The van der Waals surface area contributed by atoms with Gasteiger partial charge in [0.05, 0.1) is 12.3 Å². The summed E-state index contributed by atoms with van der Waals surface area (Å²) in [6, 6.07) is 11.3. The number of aliphatic hydroxyl groups excluding tert-OH is 1. The number of aromatic nitrogens is 1. The van der Waals surface area contributed by atoms with Crippen LogP contribution in [0.4, 0.5) is 0 Å². The number of ether oxygens (including phenoxy) is 1. The van der Waals surface area contributed by atoms with Gasteiger partial charge in [0.15, 0.2) is 0 Å². The van der Waals surface area contributed by atoms with Gasteiger partial charge in [-0.3, -0.25) is 0 Å². The third-order valence-electron chi connectivity index (χ3n) is 2.75. The molecule has 2 rings (SSSR count). The third kappa shape index (κ3) is 3.55. The van der Waals surface area contributed by atoms with Gasteiger partial charge < -0.3 is 9.84 Å². The summed E-state index contributed by atoms with van der Waals surface area (Å²) in [6.45, 7) is 4.15. The molecule has 0 radical (unpaired) electrons. The Bertz CT molecular complexity index is 570. The number of benzene rings is 1. The molecule has 0 aliphatic carbocycles. The Labute approximate surface area is 121 Å². The standard InChI is InChI=1S/C15H16BrNO2/c1-10(2)13-8-11(16)6-7-14(13)19-15-5-3-4-12(9-18)17-15/h3-8,10,18H,9H2,1-2H3. The van der Waals surface area contributed by atoms with Crippen LogP contribution in [0, 0.1) is 0 Å². The van der Waals surface area contributed by atoms with E-state index in [1.165, 1.54) is 0 Å². The van der Waals surface area contributed by atoms with Crippen LogP contribution >= 0.6 is 15.9 Å². The molecule has 2 aromatic rings. The van der Waals surface area contributed by atoms with E-state index in [0.29, 0.717) is 17.5 Å². The summed E-state index contributed by atoms with van der Waals surface area (Å²) in [5.74, 6) is 1.64. The quantitative estimate of drug-likeness (QED) is 0.915. The number of nitrogens with zero attached hydrogens (tertiary/aromatic N) is 1. The van der Waals surface area contributed by atoms with Gasteiger partial charge in [0, 0.05) is 10.5 Å². The van der Waals surface area contributed by atoms with Gasteiger partial charge in [-0.2, -0.15) is 0 Å². The van der Waals surface area contributed by atoms with Gasteiger partial charge in [0.25, 0.3) is 0 Å². The lowest BCUT2D eigenvalue weighted by atomic mass is 10.0. The van der Waals surface area contributed by atoms with Crippen molar-refractivity contribution in [3.05, 3.63) is 52.1 Å². The summed E-state index contributed by atoms with van der Waals surface area (Å²) >= 11 is 3.47. The van der Waals surface area contributed by atoms with Crippen molar-refractivity contribution < 1.29 is 9.84 Å². The van der Waals surface area contributed by atoms with Crippen molar-refractivity contribution >= 4 is 15.9 Å². The third-order valence-corrected chi connectivity index (χ3v) is 3.24. The summed E-state index contributed by atoms with van der Waals surface area (Å²) in [4.78, 5) is 4.23. The van der Waals surface area contributed by atoms with Gasteiger partial charge in [0.1, 0.15) is 5.75 Å². The first-order valence-corrected chi connectivity index (χ1v) is 6.93. The molecule has 0 saturated carbocycles. The van der Waals surface area contributed by atoms with Crippen LogP contribution < -0.4 is 4.74 Å². The maximum Gasteiger partial charge on any atom is 0.219 e. The molecule has 0 amide bonds. The molecule has 0 saturated heterocycles. The molecule has 1 aromatic heterocycles. The monoisotopic (exact) mass is 321 g/mol. The molecule has 1 aromatic carbocycles. The van der Waals surface area contributed by atoms with E-state index in [9.17, 15) is 0 Å². The Balaban J connectivity index is 2.32. The van der Waals surface area contributed by atoms with Crippen LogP contribution in [0.15, 0.2) is 40.9 Å². The second-order valence-corrected chi connectivity index (χ2v) is 5.48. The van der Waals surface area contributed by atoms with Crippen molar-refractivity contribution in [1.82, 2.24) is 4.98 Å². The molecular weight excluding hydrogens is 306 g/mol. The molecule has 19 heavy (non-hydrogen) atoms. The van der Waals surface area contributed by atoms with Crippen LogP contribution in [-0.2, 0) is 6.61 Å². The molecule has 1 N–H and O–H groups in total. The lowest BCUT2D eigenvalue weighted by Gasteiger charge is -2.14. The zero-order valence-electron chi connectivity index (χ0n) is 10.9. The highest BCUT2D eigenvalue weighted by molar-refractivity contribution is 9.10. The number of rotatable bonds is 4. The zero-order chi connectivity index (χ0) is 13.8. The zero-order valence-corrected chi connectivity index (χ0v) is 12.5. The maximum atomic E-state index is 9.08. The summed E-state index contributed by atoms with van der Waals surface area (Å²) in [5.41, 5.74) is 1.71. The molecule has 0 fully saturated rings. The lowest BCUT2D eigenvalue weighted by Crippen LogP contribution is -1.97. The Kier molecular flexibility index (Phi) is 4.56. The van der Waals surface area contributed by atoms with Crippen LogP contribution in [0.1, 0.15) is 31.0 Å². The minimum absolute atomic E-state index is 0.0887. The molecular formula is C15H16BrNO2. The van der Waals surface area contributed by atoms with Crippen molar-refractivity contribution in [2.24, 2.45) is 0 Å². The highest BCUT2D eigenvalue weighted by Crippen LogP contribution is 2.32. The van der Waals surface area contributed by atoms with Crippen molar-refractivity contribution in [2.45, 2.75) is 26.4 Å². The summed E-state index contributed by atoms with van der Waals surface area (Å²) < 4.78 is 6.85. The lowest BCUT2D eigenvalue weighted by molar-refractivity contribution is 0.275. The number of halogens is 1. The largest absolute Gasteiger partial charge is 0.439 e. The van der Waals surface area contributed by atoms with E-state index >= 15 is 0 Å². The van der Waals surface area contributed by atoms with Crippen LogP contribution in [0.25, 0.3) is 0 Å². The fraction of sp³-hybridized carbons (Fsp3) is 0.267. The van der Waals surface area contributed by atoms with Gasteiger partial charge in [-0.15, -0.1) is 0 Å². The Hall–Kier alpha value is -1.39. The van der Waals surface area contributed by atoms with Crippen molar-refractivity contribution in [3.63, 3.8) is 0 Å². The first kappa shape index (κ1) is 14.0. The van der Waals surface area contributed by atoms with Crippen LogP contribution in [-0.4, -0.2) is 10.1 Å². The topological polar surface area (TPSA) is 42.4 Å². The molecule has 100 valence electrons. The Morgan fingerprint density at radius 3 is 2.74 bits per heavy atom. The molecule has 0 spiro atoms. The van der Waals surface area contributed by atoms with E-state index in [2.05, 4.69) is 40.8 Å². The summed E-state index contributed by atoms with van der Waals surface area (Å²) in [7, 11) is 0. The van der Waals surface area contributed by atoms with E-state index in [0.717, 1.165) is 15.8 Å². The molecule has 4 heteroatoms.